The van der Waals surface area contributed by atoms with Crippen molar-refractivity contribution in [3.63, 3.8) is 0 Å². The lowest BCUT2D eigenvalue weighted by Gasteiger charge is -2.41. The van der Waals surface area contributed by atoms with Crippen molar-refractivity contribution in [3.8, 4) is 0 Å². The summed E-state index contributed by atoms with van der Waals surface area (Å²) < 4.78 is 33.6. The van der Waals surface area contributed by atoms with E-state index in [0.717, 1.165) is 38.5 Å². The molecule has 0 saturated heterocycles. The van der Waals surface area contributed by atoms with Gasteiger partial charge in [-0.2, -0.15) is 0 Å². The van der Waals surface area contributed by atoms with Gasteiger partial charge < -0.3 is 39.9 Å². The summed E-state index contributed by atoms with van der Waals surface area (Å²) in [6.07, 6.45) is 25.8. The van der Waals surface area contributed by atoms with Crippen molar-refractivity contribution in [3.05, 3.63) is 0 Å². The van der Waals surface area contributed by atoms with Crippen molar-refractivity contribution in [2.45, 2.75) is 275 Å². The first-order valence-corrected chi connectivity index (χ1v) is 26.3. The van der Waals surface area contributed by atoms with Gasteiger partial charge in [0.1, 0.15) is 43.2 Å². The average molecular weight is 895 g/mol. The van der Waals surface area contributed by atoms with E-state index in [9.17, 15) is 44.6 Å². The molecule has 61 heavy (non-hydrogen) atoms. The van der Waals surface area contributed by atoms with Gasteiger partial charge in [0, 0.05) is 12.8 Å². The van der Waals surface area contributed by atoms with E-state index in [-0.39, 0.29) is 12.8 Å². The SMILES string of the molecule is CCCCCCCCCCCCCCCCCCCC(=O)OC[C@H](COP(=O)(O)OC1C(O)C(O)C(O)[C@@H](O)C1O)OC(=O)CCCCCCCCCCCCCCCCC. The van der Waals surface area contributed by atoms with Crippen LogP contribution in [0, 0.1) is 0 Å². The number of unbranched alkanes of at least 4 members (excludes halogenated alkanes) is 30. The Balaban J connectivity index is 2.40. The molecule has 0 radical (unpaired) electrons. The van der Waals surface area contributed by atoms with Crippen LogP contribution in [0.4, 0.5) is 0 Å². The summed E-state index contributed by atoms with van der Waals surface area (Å²) in [5, 5.41) is 50.2. The number of hydrogen-bond donors (Lipinski definition) is 6. The second-order valence-electron chi connectivity index (χ2n) is 17.7. The van der Waals surface area contributed by atoms with Crippen LogP contribution < -0.4 is 0 Å². The van der Waals surface area contributed by atoms with E-state index in [0.29, 0.717) is 12.8 Å². The molecule has 8 atom stereocenters. The molecule has 1 aliphatic rings. The molecular formula is C47H91O13P. The third-order valence-corrected chi connectivity index (χ3v) is 12.9. The summed E-state index contributed by atoms with van der Waals surface area (Å²) in [7, 11) is -5.11. The van der Waals surface area contributed by atoms with E-state index >= 15 is 0 Å². The standard InChI is InChI=1S/C47H91O13P/c1-3-5-7-9-11-13-15-17-19-20-22-23-25-27-29-31-33-35-40(48)57-37-39(38-58-61(55,56)60-47-45(53)43(51)42(50)44(52)46(47)54)59-41(49)36-34-32-30-28-26-24-21-18-16-14-12-10-8-6-4-2/h39,42-47,50-54H,3-38H2,1-2H3,(H,55,56)/t39-,42?,43-,44?,45?,46?,47?/m1/s1. The topological polar surface area (TPSA) is 210 Å². The highest BCUT2D eigenvalue weighted by Crippen LogP contribution is 2.47. The van der Waals surface area contributed by atoms with E-state index < -0.39 is 75.7 Å². The second kappa shape index (κ2) is 38.2. The zero-order valence-corrected chi connectivity index (χ0v) is 39.4. The fraction of sp³-hybridized carbons (Fsp3) is 0.957. The molecule has 0 aromatic rings. The van der Waals surface area contributed by atoms with Crippen molar-refractivity contribution in [2.24, 2.45) is 0 Å². The molecule has 0 spiro atoms. The van der Waals surface area contributed by atoms with Crippen LogP contribution in [-0.2, 0) is 32.7 Å². The Morgan fingerprint density at radius 1 is 0.443 bits per heavy atom. The third-order valence-electron chi connectivity index (χ3n) is 11.9. The second-order valence-corrected chi connectivity index (χ2v) is 19.1. The van der Waals surface area contributed by atoms with Crippen molar-refractivity contribution in [1.29, 1.82) is 0 Å². The van der Waals surface area contributed by atoms with Gasteiger partial charge in [0.15, 0.2) is 6.10 Å². The Morgan fingerprint density at radius 2 is 0.738 bits per heavy atom. The molecule has 0 aromatic heterocycles. The van der Waals surface area contributed by atoms with Crippen LogP contribution in [0.1, 0.15) is 232 Å². The number of hydrogen-bond acceptors (Lipinski definition) is 12. The highest BCUT2D eigenvalue weighted by atomic mass is 31.2. The van der Waals surface area contributed by atoms with Gasteiger partial charge in [-0.25, -0.2) is 4.57 Å². The van der Waals surface area contributed by atoms with Gasteiger partial charge in [-0.3, -0.25) is 18.6 Å². The maximum atomic E-state index is 12.8. The summed E-state index contributed by atoms with van der Waals surface area (Å²) >= 11 is 0. The summed E-state index contributed by atoms with van der Waals surface area (Å²) in [5.74, 6) is -1.08. The van der Waals surface area contributed by atoms with E-state index in [2.05, 4.69) is 13.8 Å². The largest absolute Gasteiger partial charge is 0.472 e. The molecule has 362 valence electrons. The van der Waals surface area contributed by atoms with Gasteiger partial charge in [-0.15, -0.1) is 0 Å². The first-order chi connectivity index (χ1) is 29.4. The predicted molar refractivity (Wildman–Crippen MR) is 240 cm³/mol. The van der Waals surface area contributed by atoms with Gasteiger partial charge in [0.05, 0.1) is 6.61 Å². The number of aliphatic hydroxyl groups is 5. The Kier molecular flexibility index (Phi) is 36.2. The van der Waals surface area contributed by atoms with E-state index in [4.69, 9.17) is 18.5 Å². The summed E-state index contributed by atoms with van der Waals surface area (Å²) in [6.45, 7) is 3.34. The van der Waals surface area contributed by atoms with Crippen molar-refractivity contribution in [2.75, 3.05) is 13.2 Å². The predicted octanol–water partition coefficient (Wildman–Crippen LogP) is 10.1. The minimum atomic E-state index is -5.11. The van der Waals surface area contributed by atoms with E-state index in [1.54, 1.807) is 0 Å². The molecule has 0 bridgehead atoms. The number of carbonyl (C=O) groups excluding carboxylic acids is 2. The lowest BCUT2D eigenvalue weighted by atomic mass is 9.85. The number of rotatable bonds is 42. The number of phosphoric ester groups is 1. The Hall–Kier alpha value is -1.15. The Bertz CT molecular complexity index is 1080. The van der Waals surface area contributed by atoms with E-state index in [1.165, 1.54) is 154 Å². The fourth-order valence-electron chi connectivity index (χ4n) is 7.94. The molecule has 1 saturated carbocycles. The molecule has 6 unspecified atom stereocenters. The van der Waals surface area contributed by atoms with Gasteiger partial charge in [0.25, 0.3) is 0 Å². The molecule has 13 nitrogen and oxygen atoms in total. The number of carbonyl (C=O) groups is 2. The zero-order valence-electron chi connectivity index (χ0n) is 38.5. The van der Waals surface area contributed by atoms with Gasteiger partial charge >= 0.3 is 19.8 Å². The Labute approximate surface area is 370 Å². The molecule has 0 aromatic carbocycles. The molecule has 0 heterocycles. The first kappa shape index (κ1) is 57.9. The molecule has 1 fully saturated rings. The van der Waals surface area contributed by atoms with Crippen LogP contribution in [-0.4, -0.2) is 98.3 Å². The van der Waals surface area contributed by atoms with Crippen LogP contribution in [0.15, 0.2) is 0 Å². The number of phosphoric acid groups is 1. The van der Waals surface area contributed by atoms with Crippen LogP contribution in [0.5, 0.6) is 0 Å². The maximum absolute atomic E-state index is 12.8. The highest BCUT2D eigenvalue weighted by Gasteiger charge is 2.51. The molecule has 1 aliphatic carbocycles. The lowest BCUT2D eigenvalue weighted by Crippen LogP contribution is -2.64. The van der Waals surface area contributed by atoms with Gasteiger partial charge in [-0.05, 0) is 12.8 Å². The van der Waals surface area contributed by atoms with Gasteiger partial charge in [0.2, 0.25) is 0 Å². The number of esters is 2. The normalized spacial score (nSPS) is 21.9. The number of aliphatic hydroxyl groups excluding tert-OH is 5. The van der Waals surface area contributed by atoms with Gasteiger partial charge in [-0.1, -0.05) is 206 Å². The summed E-state index contributed by atoms with van der Waals surface area (Å²) in [4.78, 5) is 35.8. The van der Waals surface area contributed by atoms with Crippen LogP contribution in [0.25, 0.3) is 0 Å². The van der Waals surface area contributed by atoms with Crippen molar-refractivity contribution in [1.82, 2.24) is 0 Å². The quantitative estimate of drug-likeness (QED) is 0.0192. The minimum absolute atomic E-state index is 0.105. The zero-order chi connectivity index (χ0) is 45.0. The molecule has 0 aliphatic heterocycles. The van der Waals surface area contributed by atoms with Crippen LogP contribution in [0.2, 0.25) is 0 Å². The summed E-state index contributed by atoms with van der Waals surface area (Å²) in [6, 6.07) is 0. The third kappa shape index (κ3) is 30.6. The molecular weight excluding hydrogens is 803 g/mol. The maximum Gasteiger partial charge on any atom is 0.472 e. The number of ether oxygens (including phenoxy) is 2. The molecule has 1 rings (SSSR count). The van der Waals surface area contributed by atoms with Crippen LogP contribution in [0.3, 0.4) is 0 Å². The van der Waals surface area contributed by atoms with Crippen molar-refractivity contribution < 1.29 is 63.1 Å². The molecule has 6 N–H and O–H groups in total. The average Bonchev–Trinajstić information content (AvgIpc) is 3.24. The monoisotopic (exact) mass is 895 g/mol. The minimum Gasteiger partial charge on any atom is -0.462 e. The fourth-order valence-corrected chi connectivity index (χ4v) is 8.91. The molecule has 14 heteroatoms. The first-order valence-electron chi connectivity index (χ1n) is 24.8. The lowest BCUT2D eigenvalue weighted by molar-refractivity contribution is -0.220. The molecule has 0 amide bonds. The highest BCUT2D eigenvalue weighted by molar-refractivity contribution is 7.47. The van der Waals surface area contributed by atoms with Crippen LogP contribution >= 0.6 is 7.82 Å². The Morgan fingerprint density at radius 3 is 1.08 bits per heavy atom. The summed E-state index contributed by atoms with van der Waals surface area (Å²) in [5.41, 5.74) is 0. The van der Waals surface area contributed by atoms with E-state index in [1.807, 2.05) is 0 Å². The smallest absolute Gasteiger partial charge is 0.462 e. The van der Waals surface area contributed by atoms with Crippen molar-refractivity contribution >= 4 is 19.8 Å².